The fraction of sp³-hybridized carbons (Fsp3) is 0.625. The number of likely N-dealkylation sites (tertiary alicyclic amines) is 1. The predicted molar refractivity (Wildman–Crippen MR) is 78.5 cm³/mol. The van der Waals surface area contributed by atoms with E-state index < -0.39 is 0 Å². The molecule has 1 aromatic carbocycles. The van der Waals surface area contributed by atoms with Crippen molar-refractivity contribution >= 4 is 11.6 Å². The third kappa shape index (κ3) is 2.75. The van der Waals surface area contributed by atoms with Crippen molar-refractivity contribution in [2.45, 2.75) is 51.1 Å². The van der Waals surface area contributed by atoms with Gasteiger partial charge in [0.05, 0.1) is 5.02 Å². The Bertz CT molecular complexity index is 442. The Morgan fingerprint density at radius 2 is 1.95 bits per heavy atom. The zero-order valence-corrected chi connectivity index (χ0v) is 12.1. The number of hydrogen-bond acceptors (Lipinski definition) is 2. The highest BCUT2D eigenvalue weighted by atomic mass is 35.5. The molecule has 0 spiro atoms. The van der Waals surface area contributed by atoms with Gasteiger partial charge in [-0.05, 0) is 44.2 Å². The summed E-state index contributed by atoms with van der Waals surface area (Å²) in [5, 5.41) is 10.5. The standard InChI is InChI=1S/C16H22ClNO/c17-14-8-3-7-13(16(14)19)11-18-10-4-9-15(18)12-5-1-2-6-12/h3,7-8,12,15,19H,1-2,4-6,9-11H2. The molecule has 104 valence electrons. The first-order valence-corrected chi connectivity index (χ1v) is 7.84. The maximum absolute atomic E-state index is 10.1. The Morgan fingerprint density at radius 1 is 1.16 bits per heavy atom. The molecule has 3 heteroatoms. The number of para-hydroxylation sites is 1. The fourth-order valence-electron chi connectivity index (χ4n) is 3.83. The third-order valence-corrected chi connectivity index (χ3v) is 5.11. The summed E-state index contributed by atoms with van der Waals surface area (Å²) in [5.41, 5.74) is 0.970. The molecule has 1 saturated carbocycles. The summed E-state index contributed by atoms with van der Waals surface area (Å²) in [6, 6.07) is 6.39. The summed E-state index contributed by atoms with van der Waals surface area (Å²) in [4.78, 5) is 2.56. The lowest BCUT2D eigenvalue weighted by molar-refractivity contribution is 0.181. The molecule has 19 heavy (non-hydrogen) atoms. The molecule has 2 fully saturated rings. The zero-order valence-electron chi connectivity index (χ0n) is 11.3. The van der Waals surface area contributed by atoms with Gasteiger partial charge in [-0.15, -0.1) is 0 Å². The van der Waals surface area contributed by atoms with Gasteiger partial charge < -0.3 is 5.11 Å². The summed E-state index contributed by atoms with van der Waals surface area (Å²) in [6.45, 7) is 2.00. The van der Waals surface area contributed by atoms with Gasteiger partial charge in [-0.1, -0.05) is 36.6 Å². The number of halogens is 1. The van der Waals surface area contributed by atoms with Crippen LogP contribution in [-0.4, -0.2) is 22.6 Å². The molecule has 0 amide bonds. The summed E-state index contributed by atoms with van der Waals surface area (Å²) in [6.07, 6.45) is 8.20. The smallest absolute Gasteiger partial charge is 0.138 e. The van der Waals surface area contributed by atoms with Crippen LogP contribution < -0.4 is 0 Å². The average Bonchev–Trinajstić information content (AvgIpc) is 3.05. The third-order valence-electron chi connectivity index (χ3n) is 4.80. The minimum Gasteiger partial charge on any atom is -0.506 e. The number of phenolic OH excluding ortho intramolecular Hbond substituents is 1. The van der Waals surface area contributed by atoms with E-state index in [1.807, 2.05) is 12.1 Å². The highest BCUT2D eigenvalue weighted by molar-refractivity contribution is 6.32. The molecule has 2 nitrogen and oxygen atoms in total. The van der Waals surface area contributed by atoms with Crippen LogP contribution in [0.2, 0.25) is 5.02 Å². The van der Waals surface area contributed by atoms with Crippen LogP contribution in [0.5, 0.6) is 5.75 Å². The van der Waals surface area contributed by atoms with Crippen molar-refractivity contribution in [2.24, 2.45) is 5.92 Å². The molecule has 2 aliphatic rings. The number of phenols is 1. The lowest BCUT2D eigenvalue weighted by atomic mass is 9.96. The van der Waals surface area contributed by atoms with Crippen molar-refractivity contribution in [3.63, 3.8) is 0 Å². The Morgan fingerprint density at radius 3 is 2.74 bits per heavy atom. The maximum Gasteiger partial charge on any atom is 0.138 e. The molecular weight excluding hydrogens is 258 g/mol. The number of benzene rings is 1. The van der Waals surface area contributed by atoms with E-state index in [2.05, 4.69) is 4.90 Å². The molecule has 0 bridgehead atoms. The molecule has 3 rings (SSSR count). The molecule has 1 N–H and O–H groups in total. The van der Waals surface area contributed by atoms with Crippen LogP contribution in [0.25, 0.3) is 0 Å². The monoisotopic (exact) mass is 279 g/mol. The lowest BCUT2D eigenvalue weighted by Gasteiger charge is -2.29. The predicted octanol–water partition coefficient (Wildman–Crippen LogP) is 4.20. The van der Waals surface area contributed by atoms with Crippen molar-refractivity contribution in [3.8, 4) is 5.75 Å². The number of hydrogen-bond donors (Lipinski definition) is 1. The molecule has 1 aromatic rings. The van der Waals surface area contributed by atoms with Crippen LogP contribution in [0.3, 0.4) is 0 Å². The van der Waals surface area contributed by atoms with Gasteiger partial charge >= 0.3 is 0 Å². The first kappa shape index (κ1) is 13.3. The molecule has 1 atom stereocenters. The summed E-state index contributed by atoms with van der Waals surface area (Å²) in [5.74, 6) is 1.14. The molecule has 0 aromatic heterocycles. The van der Waals surface area contributed by atoms with E-state index in [0.29, 0.717) is 5.02 Å². The van der Waals surface area contributed by atoms with E-state index in [1.54, 1.807) is 6.07 Å². The molecular formula is C16H22ClNO. The van der Waals surface area contributed by atoms with Crippen molar-refractivity contribution in [1.29, 1.82) is 0 Å². The lowest BCUT2D eigenvalue weighted by Crippen LogP contribution is -2.34. The SMILES string of the molecule is Oc1c(Cl)cccc1CN1CCCC1C1CCCC1. The summed E-state index contributed by atoms with van der Waals surface area (Å²) in [7, 11) is 0. The van der Waals surface area contributed by atoms with E-state index in [4.69, 9.17) is 11.6 Å². The maximum atomic E-state index is 10.1. The highest BCUT2D eigenvalue weighted by Crippen LogP contribution is 2.37. The zero-order chi connectivity index (χ0) is 13.2. The van der Waals surface area contributed by atoms with Crippen LogP contribution in [-0.2, 0) is 6.54 Å². The Hall–Kier alpha value is -0.730. The van der Waals surface area contributed by atoms with E-state index in [9.17, 15) is 5.11 Å². The molecule has 1 unspecified atom stereocenters. The number of rotatable bonds is 3. The van der Waals surface area contributed by atoms with E-state index >= 15 is 0 Å². The van der Waals surface area contributed by atoms with Gasteiger partial charge in [0.2, 0.25) is 0 Å². The molecule has 1 saturated heterocycles. The topological polar surface area (TPSA) is 23.5 Å². The second-order valence-corrected chi connectivity index (χ2v) is 6.38. The summed E-state index contributed by atoms with van der Waals surface area (Å²) < 4.78 is 0. The van der Waals surface area contributed by atoms with Crippen LogP contribution in [0.15, 0.2) is 18.2 Å². The second kappa shape index (κ2) is 5.72. The van der Waals surface area contributed by atoms with Crippen molar-refractivity contribution < 1.29 is 5.11 Å². The Kier molecular flexibility index (Phi) is 3.99. The highest BCUT2D eigenvalue weighted by Gasteiger charge is 2.33. The Labute approximate surface area is 120 Å². The van der Waals surface area contributed by atoms with Crippen LogP contribution >= 0.6 is 11.6 Å². The van der Waals surface area contributed by atoms with Crippen LogP contribution in [0.1, 0.15) is 44.1 Å². The number of nitrogens with zero attached hydrogens (tertiary/aromatic N) is 1. The second-order valence-electron chi connectivity index (χ2n) is 5.97. The van der Waals surface area contributed by atoms with Gasteiger partial charge in [-0.3, -0.25) is 4.90 Å². The largest absolute Gasteiger partial charge is 0.506 e. The van der Waals surface area contributed by atoms with Gasteiger partial charge in [0.15, 0.2) is 0 Å². The van der Waals surface area contributed by atoms with Gasteiger partial charge in [0.1, 0.15) is 5.75 Å². The van der Waals surface area contributed by atoms with Gasteiger partial charge in [-0.2, -0.15) is 0 Å². The minimum absolute atomic E-state index is 0.265. The average molecular weight is 280 g/mol. The first-order valence-electron chi connectivity index (χ1n) is 7.46. The van der Waals surface area contributed by atoms with Crippen LogP contribution in [0.4, 0.5) is 0 Å². The van der Waals surface area contributed by atoms with Crippen molar-refractivity contribution in [3.05, 3.63) is 28.8 Å². The molecule has 1 heterocycles. The van der Waals surface area contributed by atoms with E-state index in [-0.39, 0.29) is 5.75 Å². The molecule has 0 radical (unpaired) electrons. The van der Waals surface area contributed by atoms with Gasteiger partial charge in [-0.25, -0.2) is 0 Å². The van der Waals surface area contributed by atoms with Crippen molar-refractivity contribution in [2.75, 3.05) is 6.54 Å². The quantitative estimate of drug-likeness (QED) is 0.896. The van der Waals surface area contributed by atoms with E-state index in [1.165, 1.54) is 38.5 Å². The fourth-order valence-corrected chi connectivity index (χ4v) is 4.02. The van der Waals surface area contributed by atoms with Gasteiger partial charge in [0.25, 0.3) is 0 Å². The first-order chi connectivity index (χ1) is 9.25. The van der Waals surface area contributed by atoms with E-state index in [0.717, 1.165) is 30.6 Å². The summed E-state index contributed by atoms with van der Waals surface area (Å²) >= 11 is 5.99. The minimum atomic E-state index is 0.265. The molecule has 1 aliphatic heterocycles. The number of aromatic hydroxyl groups is 1. The van der Waals surface area contributed by atoms with Crippen LogP contribution in [0, 0.1) is 5.92 Å². The Balaban J connectivity index is 1.72. The molecule has 1 aliphatic carbocycles. The van der Waals surface area contributed by atoms with Gasteiger partial charge in [0, 0.05) is 18.2 Å². The van der Waals surface area contributed by atoms with Crippen molar-refractivity contribution in [1.82, 2.24) is 4.90 Å². The normalized spacial score (nSPS) is 25.2.